The first-order chi connectivity index (χ1) is 7.19. The van der Waals surface area contributed by atoms with Crippen molar-refractivity contribution in [2.45, 2.75) is 45.4 Å². The van der Waals surface area contributed by atoms with Gasteiger partial charge in [-0.05, 0) is 37.5 Å². The molecule has 2 nitrogen and oxygen atoms in total. The maximum Gasteiger partial charge on any atom is 0.306 e. The minimum absolute atomic E-state index is 0.152. The third-order valence-electron chi connectivity index (χ3n) is 3.65. The standard InChI is InChI=1S/C13H20O2/c1-3-5-6-11-9-10(4-2)7-8-12(11)13(14)15/h1,10-12H,4-9H2,2H3,(H,14,15). The highest BCUT2D eigenvalue weighted by Crippen LogP contribution is 2.37. The van der Waals surface area contributed by atoms with E-state index in [2.05, 4.69) is 12.8 Å². The van der Waals surface area contributed by atoms with E-state index in [-0.39, 0.29) is 5.92 Å². The van der Waals surface area contributed by atoms with Gasteiger partial charge in [-0.2, -0.15) is 0 Å². The largest absolute Gasteiger partial charge is 0.481 e. The average Bonchev–Trinajstić information content (AvgIpc) is 2.25. The van der Waals surface area contributed by atoms with Gasteiger partial charge in [-0.25, -0.2) is 0 Å². The van der Waals surface area contributed by atoms with E-state index in [0.717, 1.165) is 25.7 Å². The van der Waals surface area contributed by atoms with E-state index in [4.69, 9.17) is 11.5 Å². The lowest BCUT2D eigenvalue weighted by Gasteiger charge is -2.33. The third-order valence-corrected chi connectivity index (χ3v) is 3.65. The molecule has 0 aromatic rings. The first kappa shape index (κ1) is 12.1. The molecule has 1 rings (SSSR count). The monoisotopic (exact) mass is 208 g/mol. The molecule has 1 fully saturated rings. The van der Waals surface area contributed by atoms with E-state index in [9.17, 15) is 4.79 Å². The van der Waals surface area contributed by atoms with Crippen molar-refractivity contribution in [1.29, 1.82) is 0 Å². The molecule has 0 spiro atoms. The normalized spacial score (nSPS) is 30.8. The Morgan fingerprint density at radius 1 is 1.53 bits per heavy atom. The first-order valence-corrected chi connectivity index (χ1v) is 5.85. The maximum atomic E-state index is 11.1. The smallest absolute Gasteiger partial charge is 0.306 e. The van der Waals surface area contributed by atoms with Crippen molar-refractivity contribution < 1.29 is 9.90 Å². The predicted octanol–water partition coefficient (Wildman–Crippen LogP) is 2.93. The predicted molar refractivity (Wildman–Crippen MR) is 60.3 cm³/mol. The molecule has 1 aliphatic carbocycles. The Labute approximate surface area is 92.1 Å². The van der Waals surface area contributed by atoms with Gasteiger partial charge in [-0.15, -0.1) is 12.3 Å². The molecule has 0 saturated heterocycles. The Morgan fingerprint density at radius 3 is 2.80 bits per heavy atom. The molecule has 0 aromatic heterocycles. The number of carbonyl (C=O) groups is 1. The Bertz CT molecular complexity index is 252. The summed E-state index contributed by atoms with van der Waals surface area (Å²) in [7, 11) is 0. The summed E-state index contributed by atoms with van der Waals surface area (Å²) in [5.74, 6) is 2.84. The van der Waals surface area contributed by atoms with Crippen LogP contribution in [-0.4, -0.2) is 11.1 Å². The topological polar surface area (TPSA) is 37.3 Å². The lowest BCUT2D eigenvalue weighted by Crippen LogP contribution is -2.30. The lowest BCUT2D eigenvalue weighted by atomic mass is 9.71. The van der Waals surface area contributed by atoms with Gasteiger partial charge in [0.05, 0.1) is 5.92 Å². The van der Waals surface area contributed by atoms with Crippen molar-refractivity contribution in [3.05, 3.63) is 0 Å². The van der Waals surface area contributed by atoms with Gasteiger partial charge >= 0.3 is 5.97 Å². The van der Waals surface area contributed by atoms with Crippen LogP contribution in [0.2, 0.25) is 0 Å². The van der Waals surface area contributed by atoms with Crippen LogP contribution < -0.4 is 0 Å². The van der Waals surface area contributed by atoms with Gasteiger partial charge in [-0.3, -0.25) is 4.79 Å². The maximum absolute atomic E-state index is 11.1. The number of rotatable bonds is 4. The zero-order valence-electron chi connectivity index (χ0n) is 9.41. The molecule has 0 amide bonds. The second-order valence-electron chi connectivity index (χ2n) is 4.53. The van der Waals surface area contributed by atoms with E-state index in [1.807, 2.05) is 0 Å². The molecule has 0 bridgehead atoms. The molecule has 84 valence electrons. The fourth-order valence-electron chi connectivity index (χ4n) is 2.64. The molecule has 1 saturated carbocycles. The second kappa shape index (κ2) is 5.80. The number of hydrogen-bond donors (Lipinski definition) is 1. The van der Waals surface area contributed by atoms with Crippen LogP contribution in [-0.2, 0) is 4.79 Å². The minimum atomic E-state index is -0.633. The molecule has 0 heterocycles. The van der Waals surface area contributed by atoms with Crippen LogP contribution in [0.3, 0.4) is 0 Å². The molecular formula is C13H20O2. The highest BCUT2D eigenvalue weighted by atomic mass is 16.4. The summed E-state index contributed by atoms with van der Waals surface area (Å²) >= 11 is 0. The molecule has 2 heteroatoms. The highest BCUT2D eigenvalue weighted by Gasteiger charge is 2.33. The highest BCUT2D eigenvalue weighted by molar-refractivity contribution is 5.70. The Balaban J connectivity index is 2.57. The van der Waals surface area contributed by atoms with Crippen LogP contribution in [0.4, 0.5) is 0 Å². The molecule has 1 aliphatic rings. The summed E-state index contributed by atoms with van der Waals surface area (Å²) in [4.78, 5) is 11.1. The van der Waals surface area contributed by atoms with Crippen molar-refractivity contribution in [3.63, 3.8) is 0 Å². The van der Waals surface area contributed by atoms with Crippen molar-refractivity contribution >= 4 is 5.97 Å². The first-order valence-electron chi connectivity index (χ1n) is 5.85. The van der Waals surface area contributed by atoms with Crippen LogP contribution in [0.25, 0.3) is 0 Å². The molecule has 0 aliphatic heterocycles. The summed E-state index contributed by atoms with van der Waals surface area (Å²) < 4.78 is 0. The van der Waals surface area contributed by atoms with Crippen LogP contribution in [0.1, 0.15) is 45.4 Å². The van der Waals surface area contributed by atoms with Crippen LogP contribution in [0, 0.1) is 30.1 Å². The van der Waals surface area contributed by atoms with Crippen LogP contribution in [0.5, 0.6) is 0 Å². The molecule has 1 N–H and O–H groups in total. The lowest BCUT2D eigenvalue weighted by molar-refractivity contribution is -0.145. The molecule has 3 unspecified atom stereocenters. The molecule has 0 aromatic carbocycles. The van der Waals surface area contributed by atoms with Crippen LogP contribution in [0.15, 0.2) is 0 Å². The molecular weight excluding hydrogens is 188 g/mol. The van der Waals surface area contributed by atoms with Crippen molar-refractivity contribution in [2.24, 2.45) is 17.8 Å². The number of terminal acetylenes is 1. The van der Waals surface area contributed by atoms with Crippen LogP contribution >= 0.6 is 0 Å². The van der Waals surface area contributed by atoms with Crippen molar-refractivity contribution in [2.75, 3.05) is 0 Å². The SMILES string of the molecule is C#CCCC1CC(CC)CCC1C(=O)O. The van der Waals surface area contributed by atoms with Gasteiger partial charge < -0.3 is 5.11 Å². The minimum Gasteiger partial charge on any atom is -0.481 e. The van der Waals surface area contributed by atoms with Crippen molar-refractivity contribution in [3.8, 4) is 12.3 Å². The Morgan fingerprint density at radius 2 is 2.27 bits per heavy atom. The third kappa shape index (κ3) is 3.27. The van der Waals surface area contributed by atoms with Gasteiger partial charge in [0.2, 0.25) is 0 Å². The zero-order chi connectivity index (χ0) is 11.3. The zero-order valence-corrected chi connectivity index (χ0v) is 9.41. The Kier molecular flexibility index (Phi) is 4.68. The number of aliphatic carboxylic acids is 1. The Hall–Kier alpha value is -0.970. The number of hydrogen-bond acceptors (Lipinski definition) is 1. The average molecular weight is 208 g/mol. The van der Waals surface area contributed by atoms with E-state index < -0.39 is 5.97 Å². The van der Waals surface area contributed by atoms with E-state index in [0.29, 0.717) is 18.3 Å². The summed E-state index contributed by atoms with van der Waals surface area (Å²) in [5, 5.41) is 9.12. The summed E-state index contributed by atoms with van der Waals surface area (Å²) in [6.07, 6.45) is 11.0. The summed E-state index contributed by atoms with van der Waals surface area (Å²) in [6.45, 7) is 2.18. The van der Waals surface area contributed by atoms with Gasteiger partial charge in [0.25, 0.3) is 0 Å². The van der Waals surface area contributed by atoms with E-state index >= 15 is 0 Å². The molecule has 3 atom stereocenters. The second-order valence-corrected chi connectivity index (χ2v) is 4.53. The van der Waals surface area contributed by atoms with Gasteiger partial charge in [0.1, 0.15) is 0 Å². The quantitative estimate of drug-likeness (QED) is 0.721. The van der Waals surface area contributed by atoms with Gasteiger partial charge in [0, 0.05) is 6.42 Å². The fraction of sp³-hybridized carbons (Fsp3) is 0.769. The summed E-state index contributed by atoms with van der Waals surface area (Å²) in [6, 6.07) is 0. The van der Waals surface area contributed by atoms with Crippen molar-refractivity contribution in [1.82, 2.24) is 0 Å². The number of carboxylic acid groups (broad SMARTS) is 1. The van der Waals surface area contributed by atoms with Gasteiger partial charge in [-0.1, -0.05) is 13.3 Å². The fourth-order valence-corrected chi connectivity index (χ4v) is 2.64. The summed E-state index contributed by atoms with van der Waals surface area (Å²) in [5.41, 5.74) is 0. The van der Waals surface area contributed by atoms with E-state index in [1.54, 1.807) is 0 Å². The molecule has 15 heavy (non-hydrogen) atoms. The van der Waals surface area contributed by atoms with E-state index in [1.165, 1.54) is 6.42 Å². The molecule has 0 radical (unpaired) electrons. The number of carboxylic acids is 1. The van der Waals surface area contributed by atoms with Gasteiger partial charge in [0.15, 0.2) is 0 Å².